The number of hydrogen-bond donors (Lipinski definition) is 1. The van der Waals surface area contributed by atoms with E-state index < -0.39 is 22.6 Å². The molecule has 1 rings (SSSR count). The molecule has 0 spiro atoms. The average molecular weight is 339 g/mol. The lowest BCUT2D eigenvalue weighted by atomic mass is 9.74. The summed E-state index contributed by atoms with van der Waals surface area (Å²) in [5.41, 5.74) is -2.76. The van der Waals surface area contributed by atoms with Crippen molar-refractivity contribution in [2.45, 2.75) is 56.7 Å². The smallest absolute Gasteiger partial charge is 0.418 e. The topological polar surface area (TPSA) is 29.5 Å². The fourth-order valence-electron chi connectivity index (χ4n) is 2.59. The molecule has 1 aromatic carbocycles. The lowest BCUT2D eigenvalue weighted by molar-refractivity contribution is -0.257. The SMILES string of the molecule is CCc1cccc(C(C)(C)C(Cl)C(C)(O)C(F)(F)F)c1OC. The van der Waals surface area contributed by atoms with Gasteiger partial charge in [-0.25, -0.2) is 0 Å². The maximum absolute atomic E-state index is 13.1. The molecule has 2 unspecified atom stereocenters. The second-order valence-corrected chi connectivity index (χ2v) is 6.52. The van der Waals surface area contributed by atoms with E-state index >= 15 is 0 Å². The number of ether oxygens (including phenoxy) is 1. The molecule has 1 aromatic rings. The minimum absolute atomic E-state index is 0.513. The Balaban J connectivity index is 3.42. The molecule has 22 heavy (non-hydrogen) atoms. The molecule has 6 heteroatoms. The molecule has 0 aliphatic carbocycles. The van der Waals surface area contributed by atoms with Crippen LogP contribution in [-0.4, -0.2) is 29.4 Å². The Morgan fingerprint density at radius 2 is 1.77 bits per heavy atom. The molecule has 0 heterocycles. The van der Waals surface area contributed by atoms with Gasteiger partial charge in [0, 0.05) is 11.0 Å². The first-order valence-electron chi connectivity index (χ1n) is 7.00. The van der Waals surface area contributed by atoms with Gasteiger partial charge in [0.1, 0.15) is 5.75 Å². The summed E-state index contributed by atoms with van der Waals surface area (Å²) in [7, 11) is 1.47. The lowest BCUT2D eigenvalue weighted by Gasteiger charge is -2.41. The Bertz CT molecular complexity index is 525. The van der Waals surface area contributed by atoms with E-state index in [2.05, 4.69) is 0 Å². The molecular weight excluding hydrogens is 317 g/mol. The highest BCUT2D eigenvalue weighted by Crippen LogP contribution is 2.46. The molecule has 0 radical (unpaired) electrons. The summed E-state index contributed by atoms with van der Waals surface area (Å²) < 4.78 is 44.7. The van der Waals surface area contributed by atoms with E-state index in [4.69, 9.17) is 16.3 Å². The molecule has 0 bridgehead atoms. The number of benzene rings is 1. The van der Waals surface area contributed by atoms with Crippen molar-refractivity contribution in [3.05, 3.63) is 29.3 Å². The average Bonchev–Trinajstić information content (AvgIpc) is 2.43. The van der Waals surface area contributed by atoms with Gasteiger partial charge in [0.15, 0.2) is 5.60 Å². The Morgan fingerprint density at radius 1 is 1.23 bits per heavy atom. The van der Waals surface area contributed by atoms with Gasteiger partial charge in [-0.3, -0.25) is 0 Å². The van der Waals surface area contributed by atoms with E-state index in [-0.39, 0.29) is 0 Å². The van der Waals surface area contributed by atoms with Crippen LogP contribution in [0.2, 0.25) is 0 Å². The zero-order valence-electron chi connectivity index (χ0n) is 13.4. The fourth-order valence-corrected chi connectivity index (χ4v) is 2.84. The van der Waals surface area contributed by atoms with Crippen LogP contribution in [0.1, 0.15) is 38.8 Å². The van der Waals surface area contributed by atoms with Crippen LogP contribution in [0.5, 0.6) is 5.75 Å². The van der Waals surface area contributed by atoms with E-state index in [1.165, 1.54) is 7.11 Å². The second-order valence-electron chi connectivity index (χ2n) is 6.08. The van der Waals surface area contributed by atoms with Crippen LogP contribution in [0.15, 0.2) is 18.2 Å². The van der Waals surface area contributed by atoms with Crippen molar-refractivity contribution in [3.63, 3.8) is 0 Å². The highest BCUT2D eigenvalue weighted by molar-refractivity contribution is 6.22. The molecule has 1 N–H and O–H groups in total. The number of aryl methyl sites for hydroxylation is 1. The first-order valence-corrected chi connectivity index (χ1v) is 7.44. The predicted octanol–water partition coefficient (Wildman–Crippen LogP) is 4.46. The zero-order valence-corrected chi connectivity index (χ0v) is 14.1. The summed E-state index contributed by atoms with van der Waals surface area (Å²) in [6.45, 7) is 5.77. The van der Waals surface area contributed by atoms with Gasteiger partial charge in [-0.05, 0) is 18.9 Å². The third-order valence-corrected chi connectivity index (χ3v) is 5.05. The van der Waals surface area contributed by atoms with Crippen LogP contribution in [0.4, 0.5) is 13.2 Å². The monoisotopic (exact) mass is 338 g/mol. The summed E-state index contributed by atoms with van der Waals surface area (Å²) in [6, 6.07) is 5.29. The number of rotatable bonds is 5. The number of hydrogen-bond acceptors (Lipinski definition) is 2. The van der Waals surface area contributed by atoms with Gasteiger partial charge in [-0.2, -0.15) is 13.2 Å². The maximum Gasteiger partial charge on any atom is 0.418 e. The third-order valence-electron chi connectivity index (χ3n) is 4.08. The van der Waals surface area contributed by atoms with E-state index in [0.717, 1.165) is 5.56 Å². The van der Waals surface area contributed by atoms with Crippen molar-refractivity contribution >= 4 is 11.6 Å². The van der Waals surface area contributed by atoms with Crippen LogP contribution >= 0.6 is 11.6 Å². The second kappa shape index (κ2) is 6.28. The minimum Gasteiger partial charge on any atom is -0.496 e. The van der Waals surface area contributed by atoms with Gasteiger partial charge >= 0.3 is 6.18 Å². The zero-order chi connectivity index (χ0) is 17.3. The number of methoxy groups -OCH3 is 1. The van der Waals surface area contributed by atoms with Crippen LogP contribution in [0, 0.1) is 0 Å². The van der Waals surface area contributed by atoms with Gasteiger partial charge in [0.25, 0.3) is 0 Å². The first-order chi connectivity index (χ1) is 9.91. The summed E-state index contributed by atoms with van der Waals surface area (Å²) in [4.78, 5) is 0. The quantitative estimate of drug-likeness (QED) is 0.803. The number of halogens is 4. The number of para-hydroxylation sites is 1. The maximum atomic E-state index is 13.1. The lowest BCUT2D eigenvalue weighted by Crippen LogP contribution is -2.56. The molecular formula is C16H22ClF3O2. The Labute approximate surface area is 134 Å². The van der Waals surface area contributed by atoms with Crippen LogP contribution in [-0.2, 0) is 11.8 Å². The molecule has 2 nitrogen and oxygen atoms in total. The van der Waals surface area contributed by atoms with E-state index in [1.807, 2.05) is 13.0 Å². The normalized spacial score (nSPS) is 17.0. The molecule has 126 valence electrons. The minimum atomic E-state index is -4.83. The van der Waals surface area contributed by atoms with Crippen LogP contribution in [0.25, 0.3) is 0 Å². The van der Waals surface area contributed by atoms with E-state index in [1.54, 1.807) is 26.0 Å². The Kier molecular flexibility index (Phi) is 5.46. The summed E-state index contributed by atoms with van der Waals surface area (Å²) in [6.07, 6.45) is -4.15. The summed E-state index contributed by atoms with van der Waals surface area (Å²) >= 11 is 6.08. The Morgan fingerprint density at radius 3 is 2.18 bits per heavy atom. The molecule has 0 saturated carbocycles. The van der Waals surface area contributed by atoms with Gasteiger partial charge in [-0.1, -0.05) is 39.0 Å². The van der Waals surface area contributed by atoms with Gasteiger partial charge in [0.05, 0.1) is 12.5 Å². The molecule has 2 atom stereocenters. The molecule has 0 amide bonds. The van der Waals surface area contributed by atoms with Crippen LogP contribution in [0.3, 0.4) is 0 Å². The molecule has 0 saturated heterocycles. The van der Waals surface area contributed by atoms with Gasteiger partial charge in [0.2, 0.25) is 0 Å². The van der Waals surface area contributed by atoms with Gasteiger partial charge in [-0.15, -0.1) is 11.6 Å². The molecule has 0 aromatic heterocycles. The van der Waals surface area contributed by atoms with Crippen molar-refractivity contribution in [1.82, 2.24) is 0 Å². The third kappa shape index (κ3) is 3.20. The van der Waals surface area contributed by atoms with E-state index in [0.29, 0.717) is 24.7 Å². The number of alkyl halides is 4. The highest BCUT2D eigenvalue weighted by Gasteiger charge is 2.59. The van der Waals surface area contributed by atoms with Crippen LogP contribution < -0.4 is 4.74 Å². The fraction of sp³-hybridized carbons (Fsp3) is 0.625. The summed E-state index contributed by atoms with van der Waals surface area (Å²) in [5, 5.41) is 8.33. The molecule has 0 aliphatic rings. The van der Waals surface area contributed by atoms with Crippen molar-refractivity contribution in [2.24, 2.45) is 0 Å². The van der Waals surface area contributed by atoms with Crippen molar-refractivity contribution in [3.8, 4) is 5.75 Å². The standard InChI is InChI=1S/C16H22ClF3O2/c1-6-10-8-7-9-11(12(10)22-5)14(2,3)13(17)15(4,21)16(18,19)20/h7-9,13,21H,6H2,1-5H3. The first kappa shape index (κ1) is 19.1. The van der Waals surface area contributed by atoms with E-state index in [9.17, 15) is 18.3 Å². The number of aliphatic hydroxyl groups is 1. The highest BCUT2D eigenvalue weighted by atomic mass is 35.5. The molecule has 0 aliphatic heterocycles. The summed E-state index contributed by atoms with van der Waals surface area (Å²) in [5.74, 6) is 0.513. The van der Waals surface area contributed by atoms with Gasteiger partial charge < -0.3 is 9.84 Å². The largest absolute Gasteiger partial charge is 0.496 e. The Hall–Kier alpha value is -0.940. The van der Waals surface area contributed by atoms with Crippen molar-refractivity contribution in [1.29, 1.82) is 0 Å². The molecule has 0 fully saturated rings. The van der Waals surface area contributed by atoms with Crippen molar-refractivity contribution in [2.75, 3.05) is 7.11 Å². The van der Waals surface area contributed by atoms with Crippen molar-refractivity contribution < 1.29 is 23.0 Å². The predicted molar refractivity (Wildman–Crippen MR) is 81.7 cm³/mol.